The Morgan fingerprint density at radius 2 is 1.82 bits per heavy atom. The van der Waals surface area contributed by atoms with Crippen LogP contribution >= 0.6 is 0 Å². The van der Waals surface area contributed by atoms with E-state index in [0.717, 1.165) is 25.2 Å². The average Bonchev–Trinajstić information content (AvgIpc) is 2.86. The van der Waals surface area contributed by atoms with E-state index in [1.54, 1.807) is 6.07 Å². The molecule has 1 aliphatic heterocycles. The summed E-state index contributed by atoms with van der Waals surface area (Å²) in [4.78, 5) is 33.0. The van der Waals surface area contributed by atoms with E-state index >= 15 is 0 Å². The molecule has 2 aromatic heterocycles. The number of anilines is 1. The van der Waals surface area contributed by atoms with Crippen LogP contribution in [0.1, 0.15) is 16.1 Å². The molecule has 0 atom stereocenters. The molecule has 3 aromatic rings. The van der Waals surface area contributed by atoms with E-state index in [4.69, 9.17) is 0 Å². The topological polar surface area (TPSA) is 101 Å². The third kappa shape index (κ3) is 7.29. The van der Waals surface area contributed by atoms with Crippen LogP contribution in [0.25, 0.3) is 11.3 Å². The van der Waals surface area contributed by atoms with Crippen LogP contribution in [0.15, 0.2) is 48.7 Å². The molecule has 0 unspecified atom stereocenters. The molecule has 3 heterocycles. The lowest BCUT2D eigenvalue weighted by Crippen LogP contribution is -2.47. The highest BCUT2D eigenvalue weighted by Gasteiger charge is 2.32. The number of carbonyl (C=O) groups is 2. The van der Waals surface area contributed by atoms with Gasteiger partial charge in [0.05, 0.1) is 35.6 Å². The lowest BCUT2D eigenvalue weighted by molar-refractivity contribution is -0.274. The van der Waals surface area contributed by atoms with E-state index in [1.165, 1.54) is 30.5 Å². The summed E-state index contributed by atoms with van der Waals surface area (Å²) in [6.45, 7) is 2.79. The highest BCUT2D eigenvalue weighted by atomic mass is 19.4. The lowest BCUT2D eigenvalue weighted by Gasteiger charge is -2.31. The summed E-state index contributed by atoms with van der Waals surface area (Å²) in [5, 5.41) is 10.3. The van der Waals surface area contributed by atoms with E-state index in [1.807, 2.05) is 11.9 Å². The van der Waals surface area contributed by atoms with Gasteiger partial charge in [-0.15, -0.1) is 13.2 Å². The molecule has 0 saturated carbocycles. The van der Waals surface area contributed by atoms with Crippen LogP contribution in [0.5, 0.6) is 5.75 Å². The molecule has 0 radical (unpaired) electrons. The molecule has 13 heteroatoms. The minimum Gasteiger partial charge on any atom is -0.404 e. The van der Waals surface area contributed by atoms with Crippen molar-refractivity contribution >= 4 is 17.4 Å². The molecule has 1 saturated heterocycles. The second-order valence-electron chi connectivity index (χ2n) is 8.74. The van der Waals surface area contributed by atoms with Gasteiger partial charge in [0.2, 0.25) is 11.9 Å². The van der Waals surface area contributed by atoms with E-state index in [-0.39, 0.29) is 41.2 Å². The Hall–Kier alpha value is -3.97. The van der Waals surface area contributed by atoms with Gasteiger partial charge in [-0.3, -0.25) is 14.5 Å². The van der Waals surface area contributed by atoms with Gasteiger partial charge in [0.1, 0.15) is 0 Å². The summed E-state index contributed by atoms with van der Waals surface area (Å²) in [5.41, 5.74) is 0.402. The first kappa shape index (κ1) is 27.1. The number of hydrogen-bond donors (Lipinski definition) is 1. The molecule has 0 bridgehead atoms. The van der Waals surface area contributed by atoms with E-state index < -0.39 is 29.7 Å². The van der Waals surface area contributed by atoms with Crippen molar-refractivity contribution in [3.05, 3.63) is 65.9 Å². The van der Waals surface area contributed by atoms with Gasteiger partial charge in [0, 0.05) is 37.9 Å². The minimum atomic E-state index is -4.99. The van der Waals surface area contributed by atoms with Crippen molar-refractivity contribution in [3.8, 4) is 17.0 Å². The maximum atomic E-state index is 13.9. The Labute approximate surface area is 215 Å². The number of ketones is 1. The number of piperazine rings is 1. The van der Waals surface area contributed by atoms with Crippen LogP contribution in [-0.4, -0.2) is 82.8 Å². The average molecular weight is 532 g/mol. The quantitative estimate of drug-likeness (QED) is 0.268. The number of Topliss-reactive ketones (excluding diaryl/α,β-unsaturated/α-hetero) is 1. The van der Waals surface area contributed by atoms with Crippen molar-refractivity contribution in [1.82, 2.24) is 25.0 Å². The maximum Gasteiger partial charge on any atom is 0.573 e. The zero-order chi connectivity index (χ0) is 27.3. The first-order chi connectivity index (χ1) is 18.1. The first-order valence-electron chi connectivity index (χ1n) is 11.6. The molecule has 9 nitrogen and oxygen atoms in total. The van der Waals surface area contributed by atoms with Gasteiger partial charge >= 0.3 is 6.36 Å². The number of amides is 1. The third-order valence-corrected chi connectivity index (χ3v) is 5.86. The van der Waals surface area contributed by atoms with Gasteiger partial charge < -0.3 is 15.0 Å². The number of carbonyl (C=O) groups excluding carboxylic acids is 2. The summed E-state index contributed by atoms with van der Waals surface area (Å²) >= 11 is 0. The molecule has 1 aromatic carbocycles. The summed E-state index contributed by atoms with van der Waals surface area (Å²) < 4.78 is 56.7. The summed E-state index contributed by atoms with van der Waals surface area (Å²) in [5.74, 6) is -2.36. The smallest absolute Gasteiger partial charge is 0.404 e. The molecule has 38 heavy (non-hydrogen) atoms. The fourth-order valence-corrected chi connectivity index (χ4v) is 3.86. The monoisotopic (exact) mass is 532 g/mol. The number of halogens is 4. The highest BCUT2D eigenvalue weighted by Crippen LogP contribution is 2.32. The minimum absolute atomic E-state index is 0.0169. The van der Waals surface area contributed by atoms with Crippen molar-refractivity contribution in [1.29, 1.82) is 0 Å². The van der Waals surface area contributed by atoms with Gasteiger partial charge in [-0.05, 0) is 49.5 Å². The number of benzene rings is 1. The number of nitrogens with one attached hydrogen (secondary N) is 1. The fraction of sp³-hybridized carbons (Fsp3) is 0.320. The van der Waals surface area contributed by atoms with Gasteiger partial charge in [0.25, 0.3) is 0 Å². The summed E-state index contributed by atoms with van der Waals surface area (Å²) in [7, 11) is 1.96. The maximum absolute atomic E-state index is 13.9. The predicted molar refractivity (Wildman–Crippen MR) is 129 cm³/mol. The van der Waals surface area contributed by atoms with Crippen molar-refractivity contribution in [2.45, 2.75) is 12.8 Å². The third-order valence-electron chi connectivity index (χ3n) is 5.86. The van der Waals surface area contributed by atoms with E-state index in [9.17, 15) is 27.2 Å². The molecule has 0 spiro atoms. The molecule has 1 N–H and O–H groups in total. The Balaban J connectivity index is 1.48. The van der Waals surface area contributed by atoms with Gasteiger partial charge in [0.15, 0.2) is 11.5 Å². The molecule has 1 fully saturated rings. The van der Waals surface area contributed by atoms with Crippen molar-refractivity contribution < 1.29 is 31.9 Å². The number of nitrogens with zero attached hydrogens (tertiary/aromatic N) is 5. The van der Waals surface area contributed by atoms with Gasteiger partial charge in [-0.2, -0.15) is 14.6 Å². The summed E-state index contributed by atoms with van der Waals surface area (Å²) in [6, 6.07) is 9.30. The number of likely N-dealkylation sites (N-methyl/N-ethyl adjacent to an activating group) is 1. The van der Waals surface area contributed by atoms with Gasteiger partial charge in [-0.1, -0.05) is 0 Å². The zero-order valence-electron chi connectivity index (χ0n) is 20.3. The largest absolute Gasteiger partial charge is 0.573 e. The predicted octanol–water partition coefficient (Wildman–Crippen LogP) is 3.19. The number of hydrogen-bond acceptors (Lipinski definition) is 8. The molecular formula is C25H24F4N6O3. The normalized spacial score (nSPS) is 14.8. The molecule has 1 amide bonds. The fourth-order valence-electron chi connectivity index (χ4n) is 3.86. The molecule has 4 rings (SSSR count). The standard InChI is InChI=1S/C25H24F4N6O3/c1-34-9-11-35(12-10-34)15-23(37)31-20-13-16(4-7-22(20)38-25(27,28)29)21(36)14-17-5-6-19(33-32-17)18-3-2-8-30-24(18)26/h2-8,13H,9-12,14-15H2,1H3,(H,31,37). The Kier molecular flexibility index (Phi) is 8.27. The molecule has 1 aliphatic rings. The van der Waals surface area contributed by atoms with Crippen LogP contribution in [0.4, 0.5) is 23.2 Å². The zero-order valence-corrected chi connectivity index (χ0v) is 20.3. The Bertz CT molecular complexity index is 1300. The van der Waals surface area contributed by atoms with Crippen LogP contribution in [0.3, 0.4) is 0 Å². The summed E-state index contributed by atoms with van der Waals surface area (Å²) in [6.07, 6.45) is -3.92. The van der Waals surface area contributed by atoms with E-state index in [0.29, 0.717) is 13.1 Å². The second-order valence-corrected chi connectivity index (χ2v) is 8.74. The number of alkyl halides is 3. The van der Waals surface area contributed by atoms with Gasteiger partial charge in [-0.25, -0.2) is 4.98 Å². The molecule has 200 valence electrons. The molecular weight excluding hydrogens is 508 g/mol. The van der Waals surface area contributed by atoms with Crippen LogP contribution in [0.2, 0.25) is 0 Å². The SMILES string of the molecule is CN1CCN(CC(=O)Nc2cc(C(=O)Cc3ccc(-c4cccnc4F)nn3)ccc2OC(F)(F)F)CC1. The number of ether oxygens (including phenoxy) is 1. The second kappa shape index (κ2) is 11.6. The van der Waals surface area contributed by atoms with Crippen molar-refractivity contribution in [2.24, 2.45) is 0 Å². The number of aromatic nitrogens is 3. The first-order valence-corrected chi connectivity index (χ1v) is 11.6. The number of rotatable bonds is 8. The highest BCUT2D eigenvalue weighted by molar-refractivity contribution is 6.00. The lowest BCUT2D eigenvalue weighted by atomic mass is 10.0. The van der Waals surface area contributed by atoms with Crippen LogP contribution < -0.4 is 10.1 Å². The number of pyridine rings is 1. The van der Waals surface area contributed by atoms with Crippen LogP contribution in [-0.2, 0) is 11.2 Å². The Morgan fingerprint density at radius 1 is 1.05 bits per heavy atom. The van der Waals surface area contributed by atoms with Crippen molar-refractivity contribution in [2.75, 3.05) is 45.1 Å². The molecule has 0 aliphatic carbocycles. The van der Waals surface area contributed by atoms with Crippen LogP contribution in [0, 0.1) is 5.95 Å². The van der Waals surface area contributed by atoms with E-state index in [2.05, 4.69) is 30.1 Å². The Morgan fingerprint density at radius 3 is 2.47 bits per heavy atom. The van der Waals surface area contributed by atoms with Crippen molar-refractivity contribution in [3.63, 3.8) is 0 Å².